The van der Waals surface area contributed by atoms with Gasteiger partial charge in [-0.2, -0.15) is 4.98 Å². The second-order valence-corrected chi connectivity index (χ2v) is 8.22. The number of ether oxygens (including phenoxy) is 2. The summed E-state index contributed by atoms with van der Waals surface area (Å²) in [5, 5.41) is 6.23. The fraction of sp³-hybridized carbons (Fsp3) is 0.429. The monoisotopic (exact) mass is 399 g/mol. The number of benzene rings is 1. The SMILES string of the molecule is COc1cc2c(cc1OC)C(c1cccs1)N(Cc1nc(C(C)C)no1)CC2. The van der Waals surface area contributed by atoms with Crippen LogP contribution in [0.15, 0.2) is 34.2 Å². The average Bonchev–Trinajstić information content (AvgIpc) is 3.39. The highest BCUT2D eigenvalue weighted by molar-refractivity contribution is 7.10. The van der Waals surface area contributed by atoms with Crippen molar-refractivity contribution in [1.29, 1.82) is 0 Å². The summed E-state index contributed by atoms with van der Waals surface area (Å²) < 4.78 is 16.6. The van der Waals surface area contributed by atoms with Crippen molar-refractivity contribution in [1.82, 2.24) is 15.0 Å². The second-order valence-electron chi connectivity index (χ2n) is 7.25. The van der Waals surface area contributed by atoms with Crippen molar-refractivity contribution in [2.45, 2.75) is 38.8 Å². The molecule has 1 aliphatic rings. The summed E-state index contributed by atoms with van der Waals surface area (Å²) in [5.41, 5.74) is 2.54. The smallest absolute Gasteiger partial charge is 0.240 e. The maximum atomic E-state index is 5.57. The maximum absolute atomic E-state index is 5.57. The van der Waals surface area contributed by atoms with E-state index in [1.807, 2.05) is 0 Å². The molecule has 0 radical (unpaired) electrons. The molecule has 3 aromatic rings. The lowest BCUT2D eigenvalue weighted by Crippen LogP contribution is -2.35. The van der Waals surface area contributed by atoms with E-state index in [-0.39, 0.29) is 12.0 Å². The molecule has 1 aliphatic heterocycles. The summed E-state index contributed by atoms with van der Waals surface area (Å²) in [4.78, 5) is 8.27. The lowest BCUT2D eigenvalue weighted by Gasteiger charge is -2.36. The van der Waals surface area contributed by atoms with E-state index >= 15 is 0 Å². The molecule has 1 unspecified atom stereocenters. The summed E-state index contributed by atoms with van der Waals surface area (Å²) in [7, 11) is 3.36. The second kappa shape index (κ2) is 7.93. The van der Waals surface area contributed by atoms with Gasteiger partial charge >= 0.3 is 0 Å². The van der Waals surface area contributed by atoms with Gasteiger partial charge in [-0.25, -0.2) is 0 Å². The Labute approximate surface area is 169 Å². The van der Waals surface area contributed by atoms with Gasteiger partial charge in [0.1, 0.15) is 0 Å². The predicted molar refractivity (Wildman–Crippen MR) is 108 cm³/mol. The topological polar surface area (TPSA) is 60.6 Å². The van der Waals surface area contributed by atoms with Crippen molar-refractivity contribution >= 4 is 11.3 Å². The highest BCUT2D eigenvalue weighted by Crippen LogP contribution is 2.42. The fourth-order valence-electron chi connectivity index (χ4n) is 3.69. The third kappa shape index (κ3) is 3.52. The first-order chi connectivity index (χ1) is 13.6. The van der Waals surface area contributed by atoms with Gasteiger partial charge in [0.25, 0.3) is 0 Å². The van der Waals surface area contributed by atoms with E-state index in [0.717, 1.165) is 30.3 Å². The Kier molecular flexibility index (Phi) is 5.37. The molecule has 0 aliphatic carbocycles. The van der Waals surface area contributed by atoms with Crippen molar-refractivity contribution in [2.24, 2.45) is 0 Å². The van der Waals surface area contributed by atoms with Gasteiger partial charge in [-0.1, -0.05) is 25.1 Å². The Balaban J connectivity index is 1.72. The average molecular weight is 400 g/mol. The molecule has 3 heterocycles. The molecule has 0 saturated heterocycles. The molecule has 28 heavy (non-hydrogen) atoms. The summed E-state index contributed by atoms with van der Waals surface area (Å²) in [6, 6.07) is 8.62. The lowest BCUT2D eigenvalue weighted by molar-refractivity contribution is 0.179. The molecule has 0 fully saturated rings. The normalized spacial score (nSPS) is 17.0. The van der Waals surface area contributed by atoms with Gasteiger partial charge in [0.2, 0.25) is 5.89 Å². The first-order valence-corrected chi connectivity index (χ1v) is 10.3. The number of nitrogens with zero attached hydrogens (tertiary/aromatic N) is 3. The first-order valence-electron chi connectivity index (χ1n) is 9.45. The Morgan fingerprint density at radius 3 is 2.68 bits per heavy atom. The molecule has 148 valence electrons. The third-order valence-electron chi connectivity index (χ3n) is 5.12. The van der Waals surface area contributed by atoms with E-state index in [2.05, 4.69) is 58.5 Å². The van der Waals surface area contributed by atoms with Gasteiger partial charge in [0, 0.05) is 17.3 Å². The third-order valence-corrected chi connectivity index (χ3v) is 6.05. The molecule has 0 saturated carbocycles. The number of aromatic nitrogens is 2. The Morgan fingerprint density at radius 2 is 2.04 bits per heavy atom. The van der Waals surface area contributed by atoms with Gasteiger partial charge in [0.05, 0.1) is 26.8 Å². The first kappa shape index (κ1) is 19.0. The minimum atomic E-state index is 0.123. The van der Waals surface area contributed by atoms with Crippen molar-refractivity contribution in [2.75, 3.05) is 20.8 Å². The Morgan fingerprint density at radius 1 is 1.25 bits per heavy atom. The summed E-state index contributed by atoms with van der Waals surface area (Å²) in [5.74, 6) is 3.20. The van der Waals surface area contributed by atoms with Gasteiger partial charge < -0.3 is 14.0 Å². The van der Waals surface area contributed by atoms with E-state index in [0.29, 0.717) is 12.4 Å². The number of rotatable bonds is 6. The van der Waals surface area contributed by atoms with Crippen LogP contribution in [0, 0.1) is 0 Å². The van der Waals surface area contributed by atoms with Crippen LogP contribution < -0.4 is 9.47 Å². The van der Waals surface area contributed by atoms with Crippen LogP contribution in [0.4, 0.5) is 0 Å². The van der Waals surface area contributed by atoms with Crippen LogP contribution in [0.2, 0.25) is 0 Å². The zero-order valence-electron chi connectivity index (χ0n) is 16.6. The van der Waals surface area contributed by atoms with Gasteiger partial charge in [0.15, 0.2) is 17.3 Å². The molecular weight excluding hydrogens is 374 g/mol. The molecule has 0 bridgehead atoms. The molecule has 1 atom stereocenters. The molecule has 0 spiro atoms. The van der Waals surface area contributed by atoms with E-state index in [1.54, 1.807) is 25.6 Å². The number of hydrogen-bond donors (Lipinski definition) is 0. The standard InChI is InChI=1S/C21H25N3O3S/c1-13(2)21-22-19(27-23-21)12-24-8-7-14-10-16(25-3)17(26-4)11-15(14)20(24)18-6-5-9-28-18/h5-6,9-11,13,20H,7-8,12H2,1-4H3. The molecule has 0 amide bonds. The highest BCUT2D eigenvalue weighted by Gasteiger charge is 2.32. The van der Waals surface area contributed by atoms with E-state index in [9.17, 15) is 0 Å². The van der Waals surface area contributed by atoms with Crippen molar-refractivity contribution in [3.8, 4) is 11.5 Å². The Hall–Kier alpha value is -2.38. The van der Waals surface area contributed by atoms with Crippen molar-refractivity contribution in [3.63, 3.8) is 0 Å². The summed E-state index contributed by atoms with van der Waals surface area (Å²) in [6.07, 6.45) is 0.933. The minimum absolute atomic E-state index is 0.123. The van der Waals surface area contributed by atoms with Crippen LogP contribution in [0.3, 0.4) is 0 Å². The van der Waals surface area contributed by atoms with E-state index in [4.69, 9.17) is 14.0 Å². The number of methoxy groups -OCH3 is 2. The van der Waals surface area contributed by atoms with Crippen LogP contribution in [0.25, 0.3) is 0 Å². The molecule has 7 heteroatoms. The minimum Gasteiger partial charge on any atom is -0.493 e. The van der Waals surface area contributed by atoms with E-state index in [1.165, 1.54) is 16.0 Å². The lowest BCUT2D eigenvalue weighted by atomic mass is 9.91. The van der Waals surface area contributed by atoms with Crippen LogP contribution in [-0.4, -0.2) is 35.8 Å². The number of thiophene rings is 1. The molecule has 4 rings (SSSR count). The zero-order valence-corrected chi connectivity index (χ0v) is 17.5. The number of fused-ring (bicyclic) bond motifs is 1. The maximum Gasteiger partial charge on any atom is 0.240 e. The highest BCUT2D eigenvalue weighted by atomic mass is 32.1. The van der Waals surface area contributed by atoms with Gasteiger partial charge in [-0.15, -0.1) is 11.3 Å². The molecule has 2 aromatic heterocycles. The van der Waals surface area contributed by atoms with Crippen LogP contribution in [-0.2, 0) is 13.0 Å². The van der Waals surface area contributed by atoms with Crippen LogP contribution >= 0.6 is 11.3 Å². The zero-order chi connectivity index (χ0) is 19.7. The van der Waals surface area contributed by atoms with Crippen molar-refractivity contribution in [3.05, 3.63) is 57.4 Å². The summed E-state index contributed by atoms with van der Waals surface area (Å²) >= 11 is 1.76. The predicted octanol–water partition coefficient (Wildman–Crippen LogP) is 4.42. The molecular formula is C21H25N3O3S. The number of hydrogen-bond acceptors (Lipinski definition) is 7. The summed E-state index contributed by atoms with van der Waals surface area (Å²) in [6.45, 7) is 5.67. The fourth-order valence-corrected chi connectivity index (χ4v) is 4.56. The quantitative estimate of drug-likeness (QED) is 0.611. The Bertz CT molecular complexity index is 937. The largest absolute Gasteiger partial charge is 0.493 e. The molecule has 0 N–H and O–H groups in total. The van der Waals surface area contributed by atoms with Crippen molar-refractivity contribution < 1.29 is 14.0 Å². The van der Waals surface area contributed by atoms with Gasteiger partial charge in [-0.3, -0.25) is 4.90 Å². The molecule has 6 nitrogen and oxygen atoms in total. The van der Waals surface area contributed by atoms with E-state index < -0.39 is 0 Å². The van der Waals surface area contributed by atoms with Crippen LogP contribution in [0.1, 0.15) is 53.5 Å². The molecule has 1 aromatic carbocycles. The van der Waals surface area contributed by atoms with Gasteiger partial charge in [-0.05, 0) is 41.1 Å². The van der Waals surface area contributed by atoms with Crippen LogP contribution in [0.5, 0.6) is 11.5 Å².